The van der Waals surface area contributed by atoms with E-state index in [4.69, 9.17) is 16.3 Å². The highest BCUT2D eigenvalue weighted by molar-refractivity contribution is 7.88. The fourth-order valence-electron chi connectivity index (χ4n) is 2.02. The number of nitrogens with one attached hydrogen (secondary N) is 1. The monoisotopic (exact) mass is 385 g/mol. The van der Waals surface area contributed by atoms with Gasteiger partial charge in [0.2, 0.25) is 5.91 Å². The number of nitrogens with zero attached hydrogens (tertiary/aromatic N) is 2. The van der Waals surface area contributed by atoms with E-state index < -0.39 is 28.6 Å². The number of anilines is 1. The molecule has 1 amide bonds. The molecule has 0 fully saturated rings. The van der Waals surface area contributed by atoms with Crippen LogP contribution in [-0.2, 0) is 24.5 Å². The van der Waals surface area contributed by atoms with Crippen molar-refractivity contribution in [3.05, 3.63) is 41.1 Å². The van der Waals surface area contributed by atoms with Crippen LogP contribution in [0.25, 0.3) is 0 Å². The average molecular weight is 386 g/mol. The molecular weight excluding hydrogens is 370 g/mol. The summed E-state index contributed by atoms with van der Waals surface area (Å²) < 4.78 is 33.2. The Bertz CT molecular complexity index is 864. The summed E-state index contributed by atoms with van der Waals surface area (Å²) >= 11 is 5.83. The molecule has 134 valence electrons. The number of halogens is 1. The van der Waals surface area contributed by atoms with E-state index in [0.717, 1.165) is 6.20 Å². The van der Waals surface area contributed by atoms with Gasteiger partial charge in [0.25, 0.3) is 0 Å². The fraction of sp³-hybridized carbons (Fsp3) is 0.267. The third-order valence-corrected chi connectivity index (χ3v) is 4.68. The summed E-state index contributed by atoms with van der Waals surface area (Å²) in [6, 6.07) is 6.41. The first-order valence-electron chi connectivity index (χ1n) is 7.26. The van der Waals surface area contributed by atoms with Crippen molar-refractivity contribution in [3.8, 4) is 0 Å². The third-order valence-electron chi connectivity index (χ3n) is 3.11. The molecule has 1 heterocycles. The van der Waals surface area contributed by atoms with Crippen LogP contribution in [0.4, 0.5) is 5.69 Å². The van der Waals surface area contributed by atoms with Crippen molar-refractivity contribution >= 4 is 45.1 Å². The van der Waals surface area contributed by atoms with E-state index in [2.05, 4.69) is 9.71 Å². The molecule has 10 heteroatoms. The van der Waals surface area contributed by atoms with Gasteiger partial charge < -0.3 is 10.1 Å². The molecule has 0 aromatic heterocycles. The first kappa shape index (κ1) is 18.9. The minimum Gasteiger partial charge on any atom is -0.462 e. The average Bonchev–Trinajstić information content (AvgIpc) is 2.49. The van der Waals surface area contributed by atoms with Gasteiger partial charge in [-0.3, -0.25) is 4.79 Å². The molecule has 8 nitrogen and oxygen atoms in total. The number of hydrogen-bond acceptors (Lipinski definition) is 5. The largest absolute Gasteiger partial charge is 0.462 e. The molecule has 1 aromatic carbocycles. The molecule has 0 unspecified atom stereocenters. The number of carbonyl (C=O) groups is 2. The number of ether oxygens (including phenoxy) is 1. The van der Waals surface area contributed by atoms with E-state index in [1.54, 1.807) is 25.1 Å². The molecule has 0 atom stereocenters. The van der Waals surface area contributed by atoms with Gasteiger partial charge in [0.15, 0.2) is 0 Å². The van der Waals surface area contributed by atoms with Crippen LogP contribution in [0.3, 0.4) is 0 Å². The van der Waals surface area contributed by atoms with E-state index in [9.17, 15) is 18.0 Å². The molecule has 1 aromatic rings. The van der Waals surface area contributed by atoms with Crippen LogP contribution in [-0.4, -0.2) is 43.5 Å². The lowest BCUT2D eigenvalue weighted by molar-refractivity contribution is -0.138. The molecule has 0 saturated carbocycles. The van der Waals surface area contributed by atoms with Gasteiger partial charge >= 0.3 is 16.2 Å². The van der Waals surface area contributed by atoms with E-state index in [0.29, 0.717) is 15.0 Å². The zero-order valence-electron chi connectivity index (χ0n) is 13.5. The van der Waals surface area contributed by atoms with Crippen LogP contribution in [0.5, 0.6) is 0 Å². The summed E-state index contributed by atoms with van der Waals surface area (Å²) in [4.78, 5) is 24.0. The Balaban J connectivity index is 2.18. The van der Waals surface area contributed by atoms with Crippen molar-refractivity contribution in [2.24, 2.45) is 4.40 Å². The second kappa shape index (κ2) is 7.66. The Morgan fingerprint density at radius 1 is 1.36 bits per heavy atom. The van der Waals surface area contributed by atoms with E-state index in [-0.39, 0.29) is 17.9 Å². The number of benzene rings is 1. The van der Waals surface area contributed by atoms with Gasteiger partial charge in [0.05, 0.1) is 17.9 Å². The van der Waals surface area contributed by atoms with Crippen LogP contribution in [0.2, 0.25) is 5.02 Å². The quantitative estimate of drug-likeness (QED) is 0.777. The molecule has 1 N–H and O–H groups in total. The summed E-state index contributed by atoms with van der Waals surface area (Å²) in [5.74, 6) is -1.32. The molecular formula is C15H16ClN3O5S. The van der Waals surface area contributed by atoms with Gasteiger partial charge in [0, 0.05) is 16.9 Å². The zero-order valence-corrected chi connectivity index (χ0v) is 15.1. The highest BCUT2D eigenvalue weighted by atomic mass is 35.5. The Morgan fingerprint density at radius 3 is 2.72 bits per heavy atom. The molecule has 0 aliphatic carbocycles. The fourth-order valence-corrected chi connectivity index (χ4v) is 3.28. The second-order valence-corrected chi connectivity index (χ2v) is 7.01. The minimum atomic E-state index is -4.10. The molecule has 2 rings (SSSR count). The van der Waals surface area contributed by atoms with Crippen LogP contribution >= 0.6 is 11.6 Å². The van der Waals surface area contributed by atoms with Gasteiger partial charge in [-0.1, -0.05) is 17.7 Å². The Morgan fingerprint density at radius 2 is 2.08 bits per heavy atom. The van der Waals surface area contributed by atoms with Crippen molar-refractivity contribution in [2.45, 2.75) is 13.8 Å². The van der Waals surface area contributed by atoms with Gasteiger partial charge in [-0.2, -0.15) is 8.42 Å². The number of carbonyl (C=O) groups excluding carboxylic acids is 2. The van der Waals surface area contributed by atoms with Gasteiger partial charge in [-0.25, -0.2) is 9.10 Å². The van der Waals surface area contributed by atoms with Crippen molar-refractivity contribution in [2.75, 3.05) is 18.5 Å². The highest BCUT2D eigenvalue weighted by Crippen LogP contribution is 2.18. The number of esters is 1. The van der Waals surface area contributed by atoms with Crippen molar-refractivity contribution in [1.29, 1.82) is 0 Å². The standard InChI is InChI=1S/C15H16ClN3O5S/c1-3-24-15(21)13-8-19(25(22,23)18-10(13)2)9-14(20)17-12-6-4-5-11(16)7-12/h4-8H,3,9H2,1-2H3,(H,17,20). The van der Waals surface area contributed by atoms with Crippen molar-refractivity contribution < 1.29 is 22.7 Å². The summed E-state index contributed by atoms with van der Waals surface area (Å²) in [7, 11) is -4.10. The summed E-state index contributed by atoms with van der Waals surface area (Å²) in [6.07, 6.45) is 1.05. The summed E-state index contributed by atoms with van der Waals surface area (Å²) in [5, 5.41) is 2.95. The molecule has 0 saturated heterocycles. The first-order valence-corrected chi connectivity index (χ1v) is 9.03. The van der Waals surface area contributed by atoms with Gasteiger partial charge in [0.1, 0.15) is 6.54 Å². The lowest BCUT2D eigenvalue weighted by atomic mass is 10.2. The molecule has 1 aliphatic rings. The lowest BCUT2D eigenvalue weighted by Gasteiger charge is -2.22. The minimum absolute atomic E-state index is 0.00458. The van der Waals surface area contributed by atoms with Crippen LogP contribution < -0.4 is 5.32 Å². The number of hydrogen-bond donors (Lipinski definition) is 1. The Hall–Kier alpha value is -2.39. The van der Waals surface area contributed by atoms with Crippen LogP contribution in [0.1, 0.15) is 13.8 Å². The molecule has 0 bridgehead atoms. The maximum Gasteiger partial charge on any atom is 0.344 e. The second-order valence-electron chi connectivity index (χ2n) is 5.02. The molecule has 0 radical (unpaired) electrons. The maximum atomic E-state index is 12.1. The van der Waals surface area contributed by atoms with Crippen LogP contribution in [0, 0.1) is 0 Å². The normalized spacial score (nSPS) is 15.9. The Kier molecular flexibility index (Phi) is 5.81. The van der Waals surface area contributed by atoms with Gasteiger partial charge in [-0.05, 0) is 32.0 Å². The molecule has 0 spiro atoms. The molecule has 25 heavy (non-hydrogen) atoms. The predicted octanol–water partition coefficient (Wildman–Crippen LogP) is 1.75. The smallest absolute Gasteiger partial charge is 0.344 e. The summed E-state index contributed by atoms with van der Waals surface area (Å²) in [5.41, 5.74) is 0.401. The van der Waals surface area contributed by atoms with E-state index in [1.807, 2.05) is 0 Å². The summed E-state index contributed by atoms with van der Waals surface area (Å²) in [6.45, 7) is 2.59. The first-order chi connectivity index (χ1) is 11.7. The van der Waals surface area contributed by atoms with Crippen molar-refractivity contribution in [1.82, 2.24) is 4.31 Å². The van der Waals surface area contributed by atoms with Gasteiger partial charge in [-0.15, -0.1) is 4.40 Å². The Labute approximate surface area is 150 Å². The predicted molar refractivity (Wildman–Crippen MR) is 93.5 cm³/mol. The van der Waals surface area contributed by atoms with E-state index >= 15 is 0 Å². The highest BCUT2D eigenvalue weighted by Gasteiger charge is 2.30. The maximum absolute atomic E-state index is 12.1. The topological polar surface area (TPSA) is 105 Å². The molecule has 1 aliphatic heterocycles. The SMILES string of the molecule is CCOC(=O)C1=CN(CC(=O)Nc2cccc(Cl)c2)S(=O)(=O)N=C1C. The van der Waals surface area contributed by atoms with Crippen molar-refractivity contribution in [3.63, 3.8) is 0 Å². The number of rotatable bonds is 5. The third kappa shape index (κ3) is 4.80. The lowest BCUT2D eigenvalue weighted by Crippen LogP contribution is -2.37. The zero-order chi connectivity index (χ0) is 18.6. The van der Waals surface area contributed by atoms with E-state index in [1.165, 1.54) is 13.0 Å². The number of amides is 1. The van der Waals surface area contributed by atoms with Crippen LogP contribution in [0.15, 0.2) is 40.4 Å².